The Balaban J connectivity index is 2.40. The van der Waals surface area contributed by atoms with Crippen LogP contribution in [0, 0.1) is 0 Å². The lowest BCUT2D eigenvalue weighted by atomic mass is 9.86. The van der Waals surface area contributed by atoms with Crippen molar-refractivity contribution < 1.29 is 4.42 Å². The smallest absolute Gasteiger partial charge is 0.134 e. The van der Waals surface area contributed by atoms with Crippen LogP contribution >= 0.6 is 0 Å². The number of nitrogens with one attached hydrogen (secondary N) is 1. The zero-order valence-electron chi connectivity index (χ0n) is 12.7. The fourth-order valence-electron chi connectivity index (χ4n) is 2.42. The monoisotopic (exact) mass is 259 g/mol. The second-order valence-corrected chi connectivity index (χ2v) is 6.28. The van der Waals surface area contributed by atoms with E-state index >= 15 is 0 Å². The molecule has 0 saturated carbocycles. The van der Waals surface area contributed by atoms with Crippen LogP contribution in [0.5, 0.6) is 0 Å². The topological polar surface area (TPSA) is 25.2 Å². The third-order valence-electron chi connectivity index (χ3n) is 3.67. The van der Waals surface area contributed by atoms with Crippen molar-refractivity contribution in [2.75, 3.05) is 7.05 Å². The van der Waals surface area contributed by atoms with E-state index in [1.54, 1.807) is 0 Å². The third kappa shape index (κ3) is 3.01. The van der Waals surface area contributed by atoms with E-state index in [1.807, 2.05) is 7.05 Å². The van der Waals surface area contributed by atoms with Gasteiger partial charge in [0.25, 0.3) is 0 Å². The molecule has 0 aliphatic rings. The Morgan fingerprint density at radius 2 is 1.95 bits per heavy atom. The van der Waals surface area contributed by atoms with Crippen LogP contribution in [-0.4, -0.2) is 7.05 Å². The molecule has 2 aromatic rings. The van der Waals surface area contributed by atoms with Gasteiger partial charge in [-0.3, -0.25) is 0 Å². The molecule has 1 unspecified atom stereocenters. The Morgan fingerprint density at radius 3 is 2.53 bits per heavy atom. The summed E-state index contributed by atoms with van der Waals surface area (Å²) < 4.78 is 5.98. The van der Waals surface area contributed by atoms with E-state index in [0.29, 0.717) is 6.04 Å². The second kappa shape index (κ2) is 5.38. The predicted molar refractivity (Wildman–Crippen MR) is 81.6 cm³/mol. The maximum Gasteiger partial charge on any atom is 0.134 e. The van der Waals surface area contributed by atoms with E-state index < -0.39 is 0 Å². The van der Waals surface area contributed by atoms with Gasteiger partial charge in [0, 0.05) is 5.39 Å². The zero-order valence-corrected chi connectivity index (χ0v) is 12.7. The quantitative estimate of drug-likeness (QED) is 0.854. The molecule has 1 aromatic heterocycles. The fourth-order valence-corrected chi connectivity index (χ4v) is 2.42. The van der Waals surface area contributed by atoms with E-state index in [0.717, 1.165) is 24.2 Å². The van der Waals surface area contributed by atoms with Crippen LogP contribution in [-0.2, 0) is 5.41 Å². The van der Waals surface area contributed by atoms with Gasteiger partial charge >= 0.3 is 0 Å². The van der Waals surface area contributed by atoms with Gasteiger partial charge in [0.05, 0.1) is 6.04 Å². The summed E-state index contributed by atoms with van der Waals surface area (Å²) in [5.74, 6) is 1.05. The van der Waals surface area contributed by atoms with Crippen LogP contribution in [0.2, 0.25) is 0 Å². The Labute approximate surface area is 116 Å². The Morgan fingerprint density at radius 1 is 1.21 bits per heavy atom. The van der Waals surface area contributed by atoms with Gasteiger partial charge < -0.3 is 9.73 Å². The lowest BCUT2D eigenvalue weighted by Crippen LogP contribution is -2.15. The molecule has 0 saturated heterocycles. The van der Waals surface area contributed by atoms with Crippen LogP contribution in [0.3, 0.4) is 0 Å². The van der Waals surface area contributed by atoms with Gasteiger partial charge in [-0.1, -0.05) is 40.2 Å². The molecule has 1 atom stereocenters. The lowest BCUT2D eigenvalue weighted by molar-refractivity contribution is 0.430. The standard InChI is InChI=1S/C17H25NO/c1-6-7-14(18-5)16-11-12-10-13(17(2,3)4)8-9-15(12)19-16/h8-11,14,18H,6-7H2,1-5H3. The van der Waals surface area contributed by atoms with Crippen molar-refractivity contribution in [3.8, 4) is 0 Å². The van der Waals surface area contributed by atoms with Crippen molar-refractivity contribution in [3.63, 3.8) is 0 Å². The maximum atomic E-state index is 5.98. The predicted octanol–water partition coefficient (Wildman–Crippen LogP) is 4.79. The summed E-state index contributed by atoms with van der Waals surface area (Å²) in [6, 6.07) is 9.01. The summed E-state index contributed by atoms with van der Waals surface area (Å²) in [4.78, 5) is 0. The first-order valence-corrected chi connectivity index (χ1v) is 7.17. The molecule has 1 aromatic carbocycles. The highest BCUT2D eigenvalue weighted by Crippen LogP contribution is 2.30. The van der Waals surface area contributed by atoms with Crippen LogP contribution in [0.4, 0.5) is 0 Å². The highest BCUT2D eigenvalue weighted by Gasteiger charge is 2.17. The normalized spacial score (nSPS) is 13.9. The number of furan rings is 1. The van der Waals surface area contributed by atoms with Gasteiger partial charge in [-0.15, -0.1) is 0 Å². The number of benzene rings is 1. The molecule has 0 amide bonds. The SMILES string of the molecule is CCCC(NC)c1cc2cc(C(C)(C)C)ccc2o1. The first-order valence-electron chi connectivity index (χ1n) is 7.17. The Hall–Kier alpha value is -1.28. The molecule has 2 nitrogen and oxygen atoms in total. The van der Waals surface area contributed by atoms with Crippen LogP contribution in [0.15, 0.2) is 28.7 Å². The molecule has 1 N–H and O–H groups in total. The Bertz CT molecular complexity index is 548. The minimum Gasteiger partial charge on any atom is -0.459 e. The van der Waals surface area contributed by atoms with Crippen molar-refractivity contribution in [2.45, 2.75) is 52.0 Å². The summed E-state index contributed by atoms with van der Waals surface area (Å²) in [5.41, 5.74) is 2.51. The molecule has 2 rings (SSSR count). The minimum absolute atomic E-state index is 0.178. The summed E-state index contributed by atoms with van der Waals surface area (Å²) in [6.07, 6.45) is 2.25. The number of hydrogen-bond acceptors (Lipinski definition) is 2. The van der Waals surface area contributed by atoms with Crippen molar-refractivity contribution in [2.24, 2.45) is 0 Å². The average molecular weight is 259 g/mol. The summed E-state index contributed by atoms with van der Waals surface area (Å²) in [6.45, 7) is 8.92. The molecule has 0 spiro atoms. The fraction of sp³-hybridized carbons (Fsp3) is 0.529. The first-order chi connectivity index (χ1) is 8.95. The van der Waals surface area contributed by atoms with E-state index in [-0.39, 0.29) is 5.41 Å². The Kier molecular flexibility index (Phi) is 4.00. The van der Waals surface area contributed by atoms with Gasteiger partial charge in [0.1, 0.15) is 11.3 Å². The van der Waals surface area contributed by atoms with Crippen LogP contribution in [0.25, 0.3) is 11.0 Å². The highest BCUT2D eigenvalue weighted by molar-refractivity contribution is 5.79. The molecule has 0 aliphatic carbocycles. The first kappa shape index (κ1) is 14.1. The molecule has 0 aliphatic heterocycles. The van der Waals surface area contributed by atoms with Crippen molar-refractivity contribution >= 4 is 11.0 Å². The number of fused-ring (bicyclic) bond motifs is 1. The van der Waals surface area contributed by atoms with Gasteiger partial charge in [0.15, 0.2) is 0 Å². The summed E-state index contributed by atoms with van der Waals surface area (Å²) >= 11 is 0. The number of hydrogen-bond donors (Lipinski definition) is 1. The molecule has 2 heteroatoms. The molecule has 1 heterocycles. The van der Waals surface area contributed by atoms with Gasteiger partial charge in [0.2, 0.25) is 0 Å². The van der Waals surface area contributed by atoms with Gasteiger partial charge in [-0.2, -0.15) is 0 Å². The molecular formula is C17H25NO. The van der Waals surface area contributed by atoms with Gasteiger partial charge in [-0.25, -0.2) is 0 Å². The van der Waals surface area contributed by atoms with Crippen LogP contribution in [0.1, 0.15) is 57.9 Å². The molecule has 0 fully saturated rings. The van der Waals surface area contributed by atoms with Crippen LogP contribution < -0.4 is 5.32 Å². The molecule has 19 heavy (non-hydrogen) atoms. The van der Waals surface area contributed by atoms with Gasteiger partial charge in [-0.05, 0) is 42.6 Å². The molecular weight excluding hydrogens is 234 g/mol. The minimum atomic E-state index is 0.178. The summed E-state index contributed by atoms with van der Waals surface area (Å²) in [5, 5.41) is 4.54. The second-order valence-electron chi connectivity index (χ2n) is 6.28. The lowest BCUT2D eigenvalue weighted by Gasteiger charge is -2.18. The molecule has 0 bridgehead atoms. The third-order valence-corrected chi connectivity index (χ3v) is 3.67. The molecule has 104 valence electrons. The van der Waals surface area contributed by atoms with Crippen molar-refractivity contribution in [1.82, 2.24) is 5.32 Å². The maximum absolute atomic E-state index is 5.98. The molecule has 0 radical (unpaired) electrons. The van der Waals surface area contributed by atoms with Crippen molar-refractivity contribution in [1.29, 1.82) is 0 Å². The summed E-state index contributed by atoms with van der Waals surface area (Å²) in [7, 11) is 1.99. The highest BCUT2D eigenvalue weighted by atomic mass is 16.3. The van der Waals surface area contributed by atoms with Crippen molar-refractivity contribution in [3.05, 3.63) is 35.6 Å². The zero-order chi connectivity index (χ0) is 14.0. The number of rotatable bonds is 4. The van der Waals surface area contributed by atoms with E-state index in [9.17, 15) is 0 Å². The van der Waals surface area contributed by atoms with E-state index in [2.05, 4.69) is 57.3 Å². The van der Waals surface area contributed by atoms with E-state index in [1.165, 1.54) is 10.9 Å². The van der Waals surface area contributed by atoms with E-state index in [4.69, 9.17) is 4.42 Å². The average Bonchev–Trinajstić information content (AvgIpc) is 2.77. The largest absolute Gasteiger partial charge is 0.459 e.